The Balaban J connectivity index is 1.72. The average molecular weight is 363 g/mol. The Bertz CT molecular complexity index is 767. The van der Waals surface area contributed by atoms with E-state index >= 15 is 0 Å². The summed E-state index contributed by atoms with van der Waals surface area (Å²) in [6.07, 6.45) is 2.39. The fourth-order valence-electron chi connectivity index (χ4n) is 2.48. The highest BCUT2D eigenvalue weighted by molar-refractivity contribution is 6.32. The number of fused-ring (bicyclic) bond motifs is 1. The zero-order chi connectivity index (χ0) is 17.6. The molecular weight excluding hydrogens is 344 g/mol. The Morgan fingerprint density at radius 3 is 3.04 bits per heavy atom. The number of nitrogens with one attached hydrogen (secondary N) is 1. The van der Waals surface area contributed by atoms with Gasteiger partial charge in [-0.1, -0.05) is 11.6 Å². The molecule has 2 heterocycles. The highest BCUT2D eigenvalue weighted by Gasteiger charge is 2.17. The van der Waals surface area contributed by atoms with Crippen LogP contribution in [0.5, 0.6) is 17.4 Å². The summed E-state index contributed by atoms with van der Waals surface area (Å²) < 4.78 is 16.7. The Labute approximate surface area is 151 Å². The summed E-state index contributed by atoms with van der Waals surface area (Å²) >= 11 is 6.27. The first-order valence-electron chi connectivity index (χ1n) is 8.13. The first kappa shape index (κ1) is 17.4. The normalized spacial score (nSPS) is 13.0. The third-order valence-corrected chi connectivity index (χ3v) is 3.89. The number of ether oxygens (including phenoxy) is 3. The summed E-state index contributed by atoms with van der Waals surface area (Å²) in [5.74, 6) is 1.21. The SMILES string of the molecule is CCOc1ncccc1C(=O)NCc1cc(Cl)c2c(c1)OCCCO2. The molecule has 1 N–H and O–H groups in total. The molecular formula is C18H19ClN2O4. The van der Waals surface area contributed by atoms with Crippen LogP contribution in [0.1, 0.15) is 29.3 Å². The number of hydrogen-bond acceptors (Lipinski definition) is 5. The van der Waals surface area contributed by atoms with Crippen molar-refractivity contribution in [1.29, 1.82) is 0 Å². The molecule has 1 aromatic heterocycles. The molecule has 132 valence electrons. The molecule has 6 nitrogen and oxygen atoms in total. The number of carbonyl (C=O) groups excluding carboxylic acids is 1. The van der Waals surface area contributed by atoms with Gasteiger partial charge in [-0.3, -0.25) is 4.79 Å². The van der Waals surface area contributed by atoms with Crippen molar-refractivity contribution in [3.8, 4) is 17.4 Å². The summed E-state index contributed by atoms with van der Waals surface area (Å²) in [6, 6.07) is 6.97. The number of pyridine rings is 1. The minimum Gasteiger partial charge on any atom is -0.489 e. The van der Waals surface area contributed by atoms with Gasteiger partial charge in [0.15, 0.2) is 11.5 Å². The first-order valence-corrected chi connectivity index (χ1v) is 8.51. The largest absolute Gasteiger partial charge is 0.489 e. The zero-order valence-electron chi connectivity index (χ0n) is 13.9. The second-order valence-electron chi connectivity index (χ2n) is 5.43. The highest BCUT2D eigenvalue weighted by atomic mass is 35.5. The Morgan fingerprint density at radius 1 is 1.36 bits per heavy atom. The van der Waals surface area contributed by atoms with Crippen molar-refractivity contribution in [1.82, 2.24) is 10.3 Å². The van der Waals surface area contributed by atoms with E-state index in [1.54, 1.807) is 24.4 Å². The van der Waals surface area contributed by atoms with Crippen molar-refractivity contribution in [3.63, 3.8) is 0 Å². The van der Waals surface area contributed by atoms with Crippen LogP contribution >= 0.6 is 11.6 Å². The molecule has 0 saturated carbocycles. The van der Waals surface area contributed by atoms with Crippen molar-refractivity contribution < 1.29 is 19.0 Å². The number of aromatic nitrogens is 1. The molecule has 0 bridgehead atoms. The lowest BCUT2D eigenvalue weighted by molar-refractivity contribution is 0.0946. The second kappa shape index (κ2) is 8.07. The number of hydrogen-bond donors (Lipinski definition) is 1. The number of benzene rings is 1. The van der Waals surface area contributed by atoms with Crippen molar-refractivity contribution in [2.24, 2.45) is 0 Å². The molecule has 0 fully saturated rings. The van der Waals surface area contributed by atoms with Gasteiger partial charge in [-0.25, -0.2) is 4.98 Å². The summed E-state index contributed by atoms with van der Waals surface area (Å²) in [7, 11) is 0. The molecule has 1 aliphatic heterocycles. The maximum absolute atomic E-state index is 12.4. The zero-order valence-corrected chi connectivity index (χ0v) is 14.6. The van der Waals surface area contributed by atoms with E-state index in [1.165, 1.54) is 0 Å². The van der Waals surface area contributed by atoms with Crippen molar-refractivity contribution in [2.45, 2.75) is 19.9 Å². The van der Waals surface area contributed by atoms with Crippen LogP contribution < -0.4 is 19.5 Å². The predicted molar refractivity (Wildman–Crippen MR) is 93.6 cm³/mol. The fourth-order valence-corrected chi connectivity index (χ4v) is 2.77. The van der Waals surface area contributed by atoms with E-state index in [0.29, 0.717) is 54.3 Å². The molecule has 1 aromatic carbocycles. The van der Waals surface area contributed by atoms with Crippen LogP contribution in [-0.4, -0.2) is 30.7 Å². The monoisotopic (exact) mass is 362 g/mol. The second-order valence-corrected chi connectivity index (χ2v) is 5.83. The standard InChI is InChI=1S/C18H19ClN2O4/c1-2-23-18-13(5-3-6-20-18)17(22)21-11-12-9-14(19)16-15(10-12)24-7-4-8-25-16/h3,5-6,9-10H,2,4,7-8,11H2,1H3,(H,21,22). The minimum atomic E-state index is -0.264. The van der Waals surface area contributed by atoms with Gasteiger partial charge in [0.1, 0.15) is 5.56 Å². The molecule has 3 rings (SSSR count). The maximum Gasteiger partial charge on any atom is 0.257 e. The molecule has 25 heavy (non-hydrogen) atoms. The minimum absolute atomic E-state index is 0.264. The topological polar surface area (TPSA) is 69.7 Å². The van der Waals surface area contributed by atoms with Crippen LogP contribution in [0.4, 0.5) is 0 Å². The Hall–Kier alpha value is -2.47. The van der Waals surface area contributed by atoms with Crippen LogP contribution in [0.2, 0.25) is 5.02 Å². The van der Waals surface area contributed by atoms with Crippen molar-refractivity contribution >= 4 is 17.5 Å². The van der Waals surface area contributed by atoms with Gasteiger partial charge < -0.3 is 19.5 Å². The van der Waals surface area contributed by atoms with Gasteiger partial charge in [0.2, 0.25) is 5.88 Å². The van der Waals surface area contributed by atoms with Gasteiger partial charge in [0.05, 0.1) is 24.8 Å². The van der Waals surface area contributed by atoms with Crippen LogP contribution in [-0.2, 0) is 6.54 Å². The van der Waals surface area contributed by atoms with E-state index in [0.717, 1.165) is 12.0 Å². The molecule has 1 aliphatic rings. The molecule has 0 saturated heterocycles. The molecule has 2 aromatic rings. The molecule has 7 heteroatoms. The van der Waals surface area contributed by atoms with Gasteiger partial charge in [-0.2, -0.15) is 0 Å². The molecule has 0 aliphatic carbocycles. The molecule has 0 unspecified atom stereocenters. The summed E-state index contributed by atoms with van der Waals surface area (Å²) in [4.78, 5) is 16.5. The number of nitrogens with zero attached hydrogens (tertiary/aromatic N) is 1. The number of carbonyl (C=O) groups is 1. The van der Waals surface area contributed by atoms with E-state index < -0.39 is 0 Å². The van der Waals surface area contributed by atoms with E-state index in [9.17, 15) is 4.79 Å². The van der Waals surface area contributed by atoms with E-state index in [-0.39, 0.29) is 5.91 Å². The van der Waals surface area contributed by atoms with Gasteiger partial charge in [-0.15, -0.1) is 0 Å². The third kappa shape index (κ3) is 4.14. The Morgan fingerprint density at radius 2 is 2.20 bits per heavy atom. The Kier molecular flexibility index (Phi) is 5.60. The average Bonchev–Trinajstić information content (AvgIpc) is 2.86. The molecule has 0 atom stereocenters. The van der Waals surface area contributed by atoms with Crippen LogP contribution in [0.25, 0.3) is 0 Å². The van der Waals surface area contributed by atoms with Crippen LogP contribution in [0.15, 0.2) is 30.5 Å². The van der Waals surface area contributed by atoms with Crippen molar-refractivity contribution in [3.05, 3.63) is 46.6 Å². The number of amides is 1. The lowest BCUT2D eigenvalue weighted by Gasteiger charge is -2.13. The quantitative estimate of drug-likeness (QED) is 0.884. The summed E-state index contributed by atoms with van der Waals surface area (Å²) in [5.41, 5.74) is 1.22. The highest BCUT2D eigenvalue weighted by Crippen LogP contribution is 2.37. The van der Waals surface area contributed by atoms with E-state index in [1.807, 2.05) is 13.0 Å². The number of rotatable bonds is 5. The summed E-state index contributed by atoms with van der Waals surface area (Å²) in [6.45, 7) is 3.73. The van der Waals surface area contributed by atoms with Gasteiger partial charge in [-0.05, 0) is 36.8 Å². The van der Waals surface area contributed by atoms with E-state index in [2.05, 4.69) is 10.3 Å². The van der Waals surface area contributed by atoms with Crippen LogP contribution in [0, 0.1) is 0 Å². The maximum atomic E-state index is 12.4. The molecule has 0 radical (unpaired) electrons. The smallest absolute Gasteiger partial charge is 0.257 e. The first-order chi connectivity index (χ1) is 12.2. The van der Waals surface area contributed by atoms with Crippen molar-refractivity contribution in [2.75, 3.05) is 19.8 Å². The lowest BCUT2D eigenvalue weighted by atomic mass is 10.2. The molecule has 0 spiro atoms. The van der Waals surface area contributed by atoms with Gasteiger partial charge in [0, 0.05) is 19.2 Å². The lowest BCUT2D eigenvalue weighted by Crippen LogP contribution is -2.23. The van der Waals surface area contributed by atoms with Gasteiger partial charge >= 0.3 is 0 Å². The van der Waals surface area contributed by atoms with E-state index in [4.69, 9.17) is 25.8 Å². The number of halogens is 1. The van der Waals surface area contributed by atoms with Crippen LogP contribution in [0.3, 0.4) is 0 Å². The third-order valence-electron chi connectivity index (χ3n) is 3.61. The van der Waals surface area contributed by atoms with Gasteiger partial charge in [0.25, 0.3) is 5.91 Å². The molecule has 1 amide bonds. The fraction of sp³-hybridized carbons (Fsp3) is 0.333. The predicted octanol–water partition coefficient (Wildman–Crippen LogP) is 3.23. The summed E-state index contributed by atoms with van der Waals surface area (Å²) in [5, 5.41) is 3.32.